The zero-order valence-electron chi connectivity index (χ0n) is 13.2. The van der Waals surface area contributed by atoms with Gasteiger partial charge in [0.15, 0.2) is 0 Å². The number of phenolic OH excluding ortho intramolecular Hbond substituents is 1. The predicted octanol–water partition coefficient (Wildman–Crippen LogP) is 4.56. The highest BCUT2D eigenvalue weighted by atomic mass is 32.2. The van der Waals surface area contributed by atoms with E-state index in [9.17, 15) is 20.0 Å². The summed E-state index contributed by atoms with van der Waals surface area (Å²) in [7, 11) is 0. The molecule has 0 fully saturated rings. The Balaban J connectivity index is 2.13. The zero-order valence-corrected chi connectivity index (χ0v) is 14.0. The van der Waals surface area contributed by atoms with Gasteiger partial charge in [-0.2, -0.15) is 0 Å². The summed E-state index contributed by atoms with van der Waals surface area (Å²) >= 11 is 1.33. The minimum Gasteiger partial charge on any atom is -0.507 e. The lowest BCUT2D eigenvalue weighted by molar-refractivity contribution is -0.385. The largest absolute Gasteiger partial charge is 0.507 e. The smallest absolute Gasteiger partial charge is 0.270 e. The molecule has 25 heavy (non-hydrogen) atoms. The number of phenols is 1. The van der Waals surface area contributed by atoms with Crippen LogP contribution in [0.25, 0.3) is 10.8 Å². The number of amides is 1. The van der Waals surface area contributed by atoms with Crippen LogP contribution in [0.2, 0.25) is 0 Å². The Kier molecular flexibility index (Phi) is 4.58. The van der Waals surface area contributed by atoms with E-state index in [-0.39, 0.29) is 17.3 Å². The molecule has 0 heterocycles. The molecule has 0 saturated heterocycles. The fraction of sp³-hybridized carbons (Fsp3) is 0.0556. The molecule has 0 aliphatic carbocycles. The number of anilines is 1. The minimum absolute atomic E-state index is 0.00942. The number of benzene rings is 3. The van der Waals surface area contributed by atoms with Gasteiger partial charge in [0, 0.05) is 45.3 Å². The van der Waals surface area contributed by atoms with Crippen LogP contribution in [0.3, 0.4) is 0 Å². The third-order valence-corrected chi connectivity index (χ3v) is 4.60. The number of nitrogens with zero attached hydrogens (tertiary/aromatic N) is 1. The second-order valence-corrected chi connectivity index (χ2v) is 6.46. The monoisotopic (exact) mass is 354 g/mol. The standard InChI is InChI=1S/C18H14N2O4S/c1-11(21)19-15-7-3-6-14-16(22)8-9-17(18(14)15)25-13-5-2-4-12(10-13)20(23)24/h2-10,22H,1H3,(H,19,21). The van der Waals surface area contributed by atoms with E-state index in [1.807, 2.05) is 0 Å². The maximum absolute atomic E-state index is 11.5. The SMILES string of the molecule is CC(=O)Nc1cccc2c(O)ccc(Sc3cccc([N+](=O)[O-])c3)c12. The van der Waals surface area contributed by atoms with Gasteiger partial charge in [0.1, 0.15) is 5.75 Å². The number of rotatable bonds is 4. The summed E-state index contributed by atoms with van der Waals surface area (Å²) in [5, 5.41) is 25.1. The molecule has 3 rings (SSSR count). The molecule has 6 nitrogen and oxygen atoms in total. The van der Waals surface area contributed by atoms with Crippen molar-refractivity contribution >= 4 is 39.8 Å². The summed E-state index contributed by atoms with van der Waals surface area (Å²) in [5.41, 5.74) is 0.587. The second kappa shape index (κ2) is 6.82. The van der Waals surface area contributed by atoms with Gasteiger partial charge in [-0.05, 0) is 24.3 Å². The highest BCUT2D eigenvalue weighted by molar-refractivity contribution is 7.99. The van der Waals surface area contributed by atoms with Gasteiger partial charge in [-0.3, -0.25) is 14.9 Å². The molecule has 126 valence electrons. The average Bonchev–Trinajstić information content (AvgIpc) is 2.57. The lowest BCUT2D eigenvalue weighted by atomic mass is 10.1. The number of carbonyl (C=O) groups is 1. The molecule has 0 aromatic heterocycles. The third kappa shape index (κ3) is 3.56. The molecule has 3 aromatic carbocycles. The van der Waals surface area contributed by atoms with Crippen molar-refractivity contribution in [2.75, 3.05) is 5.32 Å². The summed E-state index contributed by atoms with van der Waals surface area (Å²) in [4.78, 5) is 23.5. The number of hydrogen-bond donors (Lipinski definition) is 2. The van der Waals surface area contributed by atoms with Crippen LogP contribution in [-0.2, 0) is 4.79 Å². The number of nitrogens with one attached hydrogen (secondary N) is 1. The Hall–Kier alpha value is -3.06. The van der Waals surface area contributed by atoms with Crippen LogP contribution in [-0.4, -0.2) is 15.9 Å². The Morgan fingerprint density at radius 2 is 1.92 bits per heavy atom. The molecule has 0 spiro atoms. The number of fused-ring (bicyclic) bond motifs is 1. The molecule has 0 aliphatic rings. The molecule has 3 aromatic rings. The summed E-state index contributed by atoms with van der Waals surface area (Å²) in [6.07, 6.45) is 0. The van der Waals surface area contributed by atoms with Crippen LogP contribution >= 0.6 is 11.8 Å². The van der Waals surface area contributed by atoms with Gasteiger partial charge >= 0.3 is 0 Å². The number of nitro groups is 1. The molecule has 0 aliphatic heterocycles. The van der Waals surface area contributed by atoms with Gasteiger partial charge in [0.2, 0.25) is 5.91 Å². The first-order valence-corrected chi connectivity index (χ1v) is 8.22. The van der Waals surface area contributed by atoms with Crippen molar-refractivity contribution in [3.63, 3.8) is 0 Å². The van der Waals surface area contributed by atoms with E-state index in [2.05, 4.69) is 5.32 Å². The fourth-order valence-corrected chi connectivity index (χ4v) is 3.56. The topological polar surface area (TPSA) is 92.5 Å². The van der Waals surface area contributed by atoms with Gasteiger partial charge in [-0.25, -0.2) is 0 Å². The van der Waals surface area contributed by atoms with Crippen molar-refractivity contribution in [2.24, 2.45) is 0 Å². The maximum Gasteiger partial charge on any atom is 0.270 e. The van der Waals surface area contributed by atoms with Crippen LogP contribution in [0.5, 0.6) is 5.75 Å². The first-order valence-electron chi connectivity index (χ1n) is 7.40. The van der Waals surface area contributed by atoms with Crippen molar-refractivity contribution in [1.82, 2.24) is 0 Å². The summed E-state index contributed by atoms with van der Waals surface area (Å²) < 4.78 is 0. The molecule has 0 atom stereocenters. The number of hydrogen-bond acceptors (Lipinski definition) is 5. The molecule has 0 radical (unpaired) electrons. The van der Waals surface area contributed by atoms with Crippen molar-refractivity contribution in [1.29, 1.82) is 0 Å². The van der Waals surface area contributed by atoms with Crippen LogP contribution in [0.15, 0.2) is 64.4 Å². The van der Waals surface area contributed by atoms with E-state index in [4.69, 9.17) is 0 Å². The third-order valence-electron chi connectivity index (χ3n) is 3.55. The van der Waals surface area contributed by atoms with Crippen LogP contribution in [0, 0.1) is 10.1 Å². The van der Waals surface area contributed by atoms with E-state index in [0.29, 0.717) is 21.4 Å². The molecule has 7 heteroatoms. The Morgan fingerprint density at radius 1 is 1.16 bits per heavy atom. The molecule has 0 saturated carbocycles. The second-order valence-electron chi connectivity index (χ2n) is 5.35. The van der Waals surface area contributed by atoms with Gasteiger partial charge in [0.05, 0.1) is 4.92 Å². The first-order chi connectivity index (χ1) is 12.0. The first kappa shape index (κ1) is 16.8. The minimum atomic E-state index is -0.443. The number of aromatic hydroxyl groups is 1. The van der Waals surface area contributed by atoms with Gasteiger partial charge in [-0.1, -0.05) is 30.0 Å². The quantitative estimate of drug-likeness (QED) is 0.529. The predicted molar refractivity (Wildman–Crippen MR) is 97.1 cm³/mol. The van der Waals surface area contributed by atoms with Gasteiger partial charge in [-0.15, -0.1) is 0 Å². The summed E-state index contributed by atoms with van der Waals surface area (Å²) in [5.74, 6) is -0.118. The van der Waals surface area contributed by atoms with E-state index in [1.165, 1.54) is 30.8 Å². The Labute approximate surface area is 147 Å². The van der Waals surface area contributed by atoms with Crippen molar-refractivity contribution in [3.05, 3.63) is 64.7 Å². The van der Waals surface area contributed by atoms with Gasteiger partial charge in [0.25, 0.3) is 5.69 Å². The Bertz CT molecular complexity index is 988. The van der Waals surface area contributed by atoms with Crippen LogP contribution < -0.4 is 5.32 Å². The van der Waals surface area contributed by atoms with E-state index in [1.54, 1.807) is 42.5 Å². The summed E-state index contributed by atoms with van der Waals surface area (Å²) in [6.45, 7) is 1.41. The average molecular weight is 354 g/mol. The number of nitro benzene ring substituents is 1. The molecule has 0 unspecified atom stereocenters. The summed E-state index contributed by atoms with van der Waals surface area (Å²) in [6, 6.07) is 14.9. The lowest BCUT2D eigenvalue weighted by Gasteiger charge is -2.13. The highest BCUT2D eigenvalue weighted by Crippen LogP contribution is 2.41. The molecule has 1 amide bonds. The fourth-order valence-electron chi connectivity index (χ4n) is 2.53. The number of carbonyl (C=O) groups excluding carboxylic acids is 1. The zero-order chi connectivity index (χ0) is 18.0. The van der Waals surface area contributed by atoms with Crippen molar-refractivity contribution in [3.8, 4) is 5.75 Å². The van der Waals surface area contributed by atoms with Crippen molar-refractivity contribution < 1.29 is 14.8 Å². The van der Waals surface area contributed by atoms with Crippen molar-refractivity contribution in [2.45, 2.75) is 16.7 Å². The highest BCUT2D eigenvalue weighted by Gasteiger charge is 2.13. The Morgan fingerprint density at radius 3 is 2.64 bits per heavy atom. The molecular weight excluding hydrogens is 340 g/mol. The number of non-ortho nitro benzene ring substituents is 1. The normalized spacial score (nSPS) is 10.6. The van der Waals surface area contributed by atoms with E-state index < -0.39 is 4.92 Å². The van der Waals surface area contributed by atoms with E-state index >= 15 is 0 Å². The van der Waals surface area contributed by atoms with Gasteiger partial charge < -0.3 is 10.4 Å². The van der Waals surface area contributed by atoms with Crippen LogP contribution in [0.4, 0.5) is 11.4 Å². The van der Waals surface area contributed by atoms with E-state index in [0.717, 1.165) is 4.90 Å². The van der Waals surface area contributed by atoms with Crippen LogP contribution in [0.1, 0.15) is 6.92 Å². The maximum atomic E-state index is 11.5. The molecular formula is C18H14N2O4S. The lowest BCUT2D eigenvalue weighted by Crippen LogP contribution is -2.06. The molecule has 2 N–H and O–H groups in total. The molecule has 0 bridgehead atoms.